The Morgan fingerprint density at radius 2 is 1.85 bits per heavy atom. The summed E-state index contributed by atoms with van der Waals surface area (Å²) >= 11 is 0. The molecule has 1 fully saturated rings. The maximum absolute atomic E-state index is 12.3. The van der Waals surface area contributed by atoms with Gasteiger partial charge in [0.1, 0.15) is 0 Å². The van der Waals surface area contributed by atoms with Crippen LogP contribution in [-0.2, 0) is 20.7 Å². The minimum absolute atomic E-state index is 0.113. The van der Waals surface area contributed by atoms with Crippen molar-refractivity contribution >= 4 is 22.6 Å². The molecule has 1 aliphatic rings. The lowest BCUT2D eigenvalue weighted by Crippen LogP contribution is -2.42. The molecule has 7 heteroatoms. The van der Waals surface area contributed by atoms with E-state index in [2.05, 4.69) is 15.5 Å². The molecule has 3 rings (SSSR count). The van der Waals surface area contributed by atoms with Crippen molar-refractivity contribution in [2.75, 3.05) is 0 Å². The van der Waals surface area contributed by atoms with Crippen LogP contribution in [0.4, 0.5) is 0 Å². The van der Waals surface area contributed by atoms with E-state index in [0.717, 1.165) is 25.7 Å². The van der Waals surface area contributed by atoms with Crippen molar-refractivity contribution in [3.05, 3.63) is 40.3 Å². The van der Waals surface area contributed by atoms with Gasteiger partial charge in [0.2, 0.25) is 0 Å². The molecule has 0 saturated heterocycles. The van der Waals surface area contributed by atoms with Crippen LogP contribution in [0.15, 0.2) is 29.1 Å². The number of H-pyrrole nitrogens is 1. The van der Waals surface area contributed by atoms with Gasteiger partial charge in [0, 0.05) is 11.4 Å². The second-order valence-corrected chi connectivity index (χ2v) is 7.05. The number of carbonyl (C=O) groups is 2. The fourth-order valence-corrected chi connectivity index (χ4v) is 3.48. The third-order valence-electron chi connectivity index (χ3n) is 4.97. The maximum atomic E-state index is 12.3. The van der Waals surface area contributed by atoms with Crippen LogP contribution in [0.2, 0.25) is 0 Å². The van der Waals surface area contributed by atoms with Crippen LogP contribution in [0, 0.1) is 0 Å². The molecule has 0 aliphatic heterocycles. The zero-order chi connectivity index (χ0) is 19.2. The first-order valence-corrected chi connectivity index (χ1v) is 9.51. The molecule has 1 aliphatic carbocycles. The molecule has 7 nitrogen and oxygen atoms in total. The number of nitrogens with zero attached hydrogens (tertiary/aromatic N) is 1. The second kappa shape index (κ2) is 8.79. The SMILES string of the molecule is C[C@@H](OC(=O)Cc1n[nH]c(=O)c2ccccc12)C(=O)NC1CCCCCC1. The smallest absolute Gasteiger partial charge is 0.312 e. The summed E-state index contributed by atoms with van der Waals surface area (Å²) in [5.74, 6) is -0.822. The molecule has 1 atom stereocenters. The molecule has 0 spiro atoms. The number of aromatic nitrogens is 2. The average molecular weight is 371 g/mol. The van der Waals surface area contributed by atoms with Gasteiger partial charge < -0.3 is 10.1 Å². The fraction of sp³-hybridized carbons (Fsp3) is 0.500. The number of hydrogen-bond donors (Lipinski definition) is 2. The molecule has 144 valence electrons. The van der Waals surface area contributed by atoms with Crippen LogP contribution >= 0.6 is 0 Å². The van der Waals surface area contributed by atoms with Gasteiger partial charge in [-0.15, -0.1) is 0 Å². The van der Waals surface area contributed by atoms with Crippen molar-refractivity contribution in [2.45, 2.75) is 64.0 Å². The Hall–Kier alpha value is -2.70. The highest BCUT2D eigenvalue weighted by atomic mass is 16.5. The minimum Gasteiger partial charge on any atom is -0.452 e. The highest BCUT2D eigenvalue weighted by Gasteiger charge is 2.22. The number of rotatable bonds is 5. The van der Waals surface area contributed by atoms with Gasteiger partial charge in [-0.1, -0.05) is 43.9 Å². The second-order valence-electron chi connectivity index (χ2n) is 7.05. The minimum atomic E-state index is -0.866. The van der Waals surface area contributed by atoms with E-state index in [1.807, 2.05) is 0 Å². The van der Waals surface area contributed by atoms with Crippen LogP contribution in [0.25, 0.3) is 10.8 Å². The zero-order valence-corrected chi connectivity index (χ0v) is 15.5. The van der Waals surface area contributed by atoms with Gasteiger partial charge in [-0.2, -0.15) is 5.10 Å². The predicted octanol–water partition coefficient (Wildman–Crippen LogP) is 2.24. The monoisotopic (exact) mass is 371 g/mol. The summed E-state index contributed by atoms with van der Waals surface area (Å²) < 4.78 is 5.29. The Kier molecular flexibility index (Phi) is 6.21. The van der Waals surface area contributed by atoms with Crippen molar-refractivity contribution in [1.82, 2.24) is 15.5 Å². The number of nitrogens with one attached hydrogen (secondary N) is 2. The number of aromatic amines is 1. The molecule has 2 aromatic rings. The van der Waals surface area contributed by atoms with Crippen molar-refractivity contribution in [2.24, 2.45) is 0 Å². The van der Waals surface area contributed by atoms with Gasteiger partial charge in [-0.3, -0.25) is 14.4 Å². The molecule has 0 radical (unpaired) electrons. The van der Waals surface area contributed by atoms with E-state index in [0.29, 0.717) is 16.5 Å². The van der Waals surface area contributed by atoms with Crippen LogP contribution in [0.1, 0.15) is 51.1 Å². The Morgan fingerprint density at radius 1 is 1.19 bits per heavy atom. The topological polar surface area (TPSA) is 101 Å². The molecule has 1 amide bonds. The van der Waals surface area contributed by atoms with E-state index in [4.69, 9.17) is 4.74 Å². The van der Waals surface area contributed by atoms with E-state index in [9.17, 15) is 14.4 Å². The quantitative estimate of drug-likeness (QED) is 0.620. The predicted molar refractivity (Wildman–Crippen MR) is 101 cm³/mol. The largest absolute Gasteiger partial charge is 0.452 e. The summed E-state index contributed by atoms with van der Waals surface area (Å²) in [6.45, 7) is 1.57. The van der Waals surface area contributed by atoms with E-state index in [-0.39, 0.29) is 23.9 Å². The Labute approximate surface area is 157 Å². The van der Waals surface area contributed by atoms with Crippen molar-refractivity contribution in [1.29, 1.82) is 0 Å². The first-order chi connectivity index (χ1) is 13.0. The molecule has 1 aromatic carbocycles. The van der Waals surface area contributed by atoms with E-state index in [1.54, 1.807) is 31.2 Å². The first kappa shape index (κ1) is 19.1. The third kappa shape index (κ3) is 4.93. The lowest BCUT2D eigenvalue weighted by molar-refractivity contribution is -0.154. The van der Waals surface area contributed by atoms with E-state index >= 15 is 0 Å². The average Bonchev–Trinajstić information content (AvgIpc) is 2.93. The molecule has 1 aromatic heterocycles. The highest BCUT2D eigenvalue weighted by Crippen LogP contribution is 2.17. The summed E-state index contributed by atoms with van der Waals surface area (Å²) in [6.07, 6.45) is 5.61. The molecule has 1 saturated carbocycles. The number of fused-ring (bicyclic) bond motifs is 1. The lowest BCUT2D eigenvalue weighted by Gasteiger charge is -2.19. The third-order valence-corrected chi connectivity index (χ3v) is 4.97. The molecule has 0 bridgehead atoms. The highest BCUT2D eigenvalue weighted by molar-refractivity contribution is 5.88. The normalized spacial score (nSPS) is 16.5. The van der Waals surface area contributed by atoms with Crippen LogP contribution in [-0.4, -0.2) is 34.2 Å². The summed E-state index contributed by atoms with van der Waals surface area (Å²) in [5, 5.41) is 10.4. The number of ether oxygens (including phenoxy) is 1. The number of hydrogen-bond acceptors (Lipinski definition) is 5. The summed E-state index contributed by atoms with van der Waals surface area (Å²) in [4.78, 5) is 36.4. The zero-order valence-electron chi connectivity index (χ0n) is 15.5. The molecular weight excluding hydrogens is 346 g/mol. The van der Waals surface area contributed by atoms with Gasteiger partial charge in [0.15, 0.2) is 6.10 Å². The summed E-state index contributed by atoms with van der Waals surface area (Å²) in [7, 11) is 0. The van der Waals surface area contributed by atoms with Gasteiger partial charge in [0.25, 0.3) is 11.5 Å². The van der Waals surface area contributed by atoms with Gasteiger partial charge in [-0.25, -0.2) is 5.10 Å². The van der Waals surface area contributed by atoms with Gasteiger partial charge in [-0.05, 0) is 25.8 Å². The molecule has 2 N–H and O–H groups in total. The lowest BCUT2D eigenvalue weighted by atomic mass is 10.1. The maximum Gasteiger partial charge on any atom is 0.312 e. The standard InChI is InChI=1S/C20H25N3O4/c1-13(19(25)21-14-8-4-2-3-5-9-14)27-18(24)12-17-15-10-6-7-11-16(15)20(26)23-22-17/h6-7,10-11,13-14H,2-5,8-9,12H2,1H3,(H,21,25)(H,23,26)/t13-/m1/s1. The number of amides is 1. The van der Waals surface area contributed by atoms with Crippen LogP contribution in [0.5, 0.6) is 0 Å². The summed E-state index contributed by atoms with van der Waals surface area (Å²) in [5.41, 5.74) is 0.116. The van der Waals surface area contributed by atoms with E-state index in [1.165, 1.54) is 12.8 Å². The molecule has 27 heavy (non-hydrogen) atoms. The van der Waals surface area contributed by atoms with E-state index < -0.39 is 12.1 Å². The van der Waals surface area contributed by atoms with Crippen LogP contribution in [0.3, 0.4) is 0 Å². The first-order valence-electron chi connectivity index (χ1n) is 9.51. The Balaban J connectivity index is 1.59. The molecule has 1 heterocycles. The van der Waals surface area contributed by atoms with Crippen molar-refractivity contribution < 1.29 is 14.3 Å². The van der Waals surface area contributed by atoms with Crippen LogP contribution < -0.4 is 10.9 Å². The molecular formula is C20H25N3O4. The number of benzene rings is 1. The van der Waals surface area contributed by atoms with Gasteiger partial charge in [0.05, 0.1) is 17.5 Å². The fourth-order valence-electron chi connectivity index (χ4n) is 3.48. The number of carbonyl (C=O) groups excluding carboxylic acids is 2. The van der Waals surface area contributed by atoms with Crippen molar-refractivity contribution in [3.8, 4) is 0 Å². The molecule has 0 unspecified atom stereocenters. The Bertz CT molecular complexity index is 869. The number of esters is 1. The summed E-state index contributed by atoms with van der Waals surface area (Å²) in [6, 6.07) is 7.10. The Morgan fingerprint density at radius 3 is 2.56 bits per heavy atom. The van der Waals surface area contributed by atoms with Gasteiger partial charge >= 0.3 is 5.97 Å². The van der Waals surface area contributed by atoms with Crippen molar-refractivity contribution in [3.63, 3.8) is 0 Å².